The smallest absolute Gasteiger partial charge is 0.303 e. The van der Waals surface area contributed by atoms with E-state index in [1.54, 1.807) is 22.0 Å². The van der Waals surface area contributed by atoms with Crippen molar-refractivity contribution in [3.8, 4) is 0 Å². The third-order valence-electron chi connectivity index (χ3n) is 4.12. The maximum Gasteiger partial charge on any atom is 0.303 e. The molecule has 2 atom stereocenters. The van der Waals surface area contributed by atoms with E-state index in [9.17, 15) is 9.59 Å². The maximum absolute atomic E-state index is 12.4. The number of carboxylic acid groups (broad SMARTS) is 1. The van der Waals surface area contributed by atoms with Crippen LogP contribution in [0.15, 0.2) is 18.5 Å². The van der Waals surface area contributed by atoms with Crippen LogP contribution >= 0.6 is 0 Å². The summed E-state index contributed by atoms with van der Waals surface area (Å²) >= 11 is 0. The molecule has 1 aliphatic heterocycles. The van der Waals surface area contributed by atoms with Crippen LogP contribution in [-0.4, -0.2) is 60.2 Å². The Hall–Kier alpha value is -2.71. The Labute approximate surface area is 132 Å². The lowest BCUT2D eigenvalue weighted by atomic mass is 9.91. The molecule has 1 fully saturated rings. The summed E-state index contributed by atoms with van der Waals surface area (Å²) in [6.07, 6.45) is 3.35. The lowest BCUT2D eigenvalue weighted by Crippen LogP contribution is -2.32. The second kappa shape index (κ2) is 6.19. The largest absolute Gasteiger partial charge is 0.481 e. The van der Waals surface area contributed by atoms with E-state index in [1.807, 2.05) is 13.0 Å². The molecular weight excluding hydrogens is 300 g/mol. The molecule has 1 saturated heterocycles. The van der Waals surface area contributed by atoms with Gasteiger partial charge in [0.25, 0.3) is 0 Å². The van der Waals surface area contributed by atoms with Gasteiger partial charge in [0.2, 0.25) is 5.91 Å². The van der Waals surface area contributed by atoms with E-state index in [0.717, 1.165) is 5.69 Å². The summed E-state index contributed by atoms with van der Waals surface area (Å²) in [7, 11) is 0. The minimum absolute atomic E-state index is 0.00217. The summed E-state index contributed by atoms with van der Waals surface area (Å²) in [5, 5.41) is 23.7. The van der Waals surface area contributed by atoms with Gasteiger partial charge in [-0.3, -0.25) is 14.3 Å². The first kappa shape index (κ1) is 15.2. The van der Waals surface area contributed by atoms with Crippen molar-refractivity contribution in [2.45, 2.75) is 25.8 Å². The van der Waals surface area contributed by atoms with E-state index in [1.165, 1.54) is 0 Å². The summed E-state index contributed by atoms with van der Waals surface area (Å²) in [5.41, 5.74) is 1.55. The number of aromatic nitrogens is 5. The van der Waals surface area contributed by atoms with Gasteiger partial charge in [-0.05, 0) is 18.9 Å². The van der Waals surface area contributed by atoms with Crippen LogP contribution in [-0.2, 0) is 16.1 Å². The van der Waals surface area contributed by atoms with Crippen molar-refractivity contribution in [1.82, 2.24) is 30.1 Å². The number of H-pyrrole nitrogens is 1. The van der Waals surface area contributed by atoms with Gasteiger partial charge in [-0.1, -0.05) is 0 Å². The molecule has 0 aliphatic carbocycles. The Kier molecular flexibility index (Phi) is 4.09. The Balaban J connectivity index is 1.71. The van der Waals surface area contributed by atoms with E-state index >= 15 is 0 Å². The molecular formula is C14H18N6O3. The van der Waals surface area contributed by atoms with Crippen LogP contribution in [0, 0.1) is 12.8 Å². The molecule has 23 heavy (non-hydrogen) atoms. The van der Waals surface area contributed by atoms with Gasteiger partial charge < -0.3 is 10.0 Å². The number of carboxylic acids is 1. The molecule has 2 aromatic rings. The lowest BCUT2D eigenvalue weighted by molar-refractivity contribution is -0.138. The molecule has 9 nitrogen and oxygen atoms in total. The predicted octanol–water partition coefficient (Wildman–Crippen LogP) is 0.0265. The highest BCUT2D eigenvalue weighted by atomic mass is 16.4. The average molecular weight is 318 g/mol. The van der Waals surface area contributed by atoms with Crippen molar-refractivity contribution >= 4 is 11.9 Å². The van der Waals surface area contributed by atoms with Crippen molar-refractivity contribution in [1.29, 1.82) is 0 Å². The number of rotatable bonds is 5. The fourth-order valence-electron chi connectivity index (χ4n) is 3.02. The van der Waals surface area contributed by atoms with Crippen molar-refractivity contribution in [3.63, 3.8) is 0 Å². The molecule has 3 rings (SSSR count). The van der Waals surface area contributed by atoms with Gasteiger partial charge in [-0.25, -0.2) is 0 Å². The van der Waals surface area contributed by atoms with E-state index < -0.39 is 5.97 Å². The normalized spacial score (nSPS) is 20.8. The zero-order valence-corrected chi connectivity index (χ0v) is 12.7. The zero-order chi connectivity index (χ0) is 16.4. The van der Waals surface area contributed by atoms with E-state index in [-0.39, 0.29) is 30.7 Å². The number of carbonyl (C=O) groups is 2. The fourth-order valence-corrected chi connectivity index (χ4v) is 3.02. The van der Waals surface area contributed by atoms with Gasteiger partial charge in [0.05, 0.1) is 24.0 Å². The van der Waals surface area contributed by atoms with Crippen LogP contribution in [0.1, 0.15) is 23.7 Å². The van der Waals surface area contributed by atoms with Crippen molar-refractivity contribution < 1.29 is 14.7 Å². The molecule has 122 valence electrons. The number of aryl methyl sites for hydroxylation is 1. The molecule has 0 saturated carbocycles. The Morgan fingerprint density at radius 3 is 2.87 bits per heavy atom. The van der Waals surface area contributed by atoms with E-state index in [0.29, 0.717) is 18.8 Å². The van der Waals surface area contributed by atoms with Gasteiger partial charge in [0, 0.05) is 25.2 Å². The van der Waals surface area contributed by atoms with E-state index in [2.05, 4.69) is 20.5 Å². The number of amides is 1. The monoisotopic (exact) mass is 318 g/mol. The number of aliphatic carboxylic acids is 1. The van der Waals surface area contributed by atoms with Gasteiger partial charge in [-0.15, -0.1) is 0 Å². The number of aromatic amines is 1. The highest BCUT2D eigenvalue weighted by Crippen LogP contribution is 2.33. The van der Waals surface area contributed by atoms with Crippen LogP contribution in [0.25, 0.3) is 0 Å². The van der Waals surface area contributed by atoms with Crippen LogP contribution in [0.5, 0.6) is 0 Å². The summed E-state index contributed by atoms with van der Waals surface area (Å²) in [4.78, 5) is 25.2. The number of hydrogen-bond donors (Lipinski definition) is 2. The van der Waals surface area contributed by atoms with Crippen molar-refractivity contribution in [3.05, 3.63) is 29.8 Å². The highest BCUT2D eigenvalue weighted by molar-refractivity contribution is 5.76. The van der Waals surface area contributed by atoms with Crippen LogP contribution in [0.2, 0.25) is 0 Å². The highest BCUT2D eigenvalue weighted by Gasteiger charge is 2.38. The third-order valence-corrected chi connectivity index (χ3v) is 4.12. The number of nitrogens with zero attached hydrogens (tertiary/aromatic N) is 5. The first-order valence-electron chi connectivity index (χ1n) is 7.38. The fraction of sp³-hybridized carbons (Fsp3) is 0.500. The SMILES string of the molecule is Cc1ccn(CC(=O)N2C[C@H](CC(=O)O)[C@H](c3cn[nH]n3)C2)n1. The second-order valence-electron chi connectivity index (χ2n) is 5.81. The summed E-state index contributed by atoms with van der Waals surface area (Å²) < 4.78 is 1.59. The molecule has 9 heteroatoms. The standard InChI is InChI=1S/C14H18N6O3/c1-9-2-3-20(17-9)8-13(21)19-6-10(4-14(22)23)11(7-19)12-5-15-18-16-12/h2-3,5,10-11H,4,6-8H2,1H3,(H,22,23)(H,15,16,18)/t10-,11+/m0/s1. The number of likely N-dealkylation sites (tertiary alicyclic amines) is 1. The van der Waals surface area contributed by atoms with E-state index in [4.69, 9.17) is 5.11 Å². The molecule has 3 heterocycles. The number of hydrogen-bond acceptors (Lipinski definition) is 5. The van der Waals surface area contributed by atoms with Crippen LogP contribution in [0.4, 0.5) is 0 Å². The van der Waals surface area contributed by atoms with Crippen molar-refractivity contribution in [2.75, 3.05) is 13.1 Å². The molecule has 2 N–H and O–H groups in total. The molecule has 0 bridgehead atoms. The molecule has 0 spiro atoms. The zero-order valence-electron chi connectivity index (χ0n) is 12.7. The average Bonchev–Trinajstić information content (AvgIpc) is 3.18. The quantitative estimate of drug-likeness (QED) is 0.803. The van der Waals surface area contributed by atoms with Gasteiger partial charge in [-0.2, -0.15) is 20.5 Å². The van der Waals surface area contributed by atoms with Gasteiger partial charge in [0.15, 0.2) is 0 Å². The topological polar surface area (TPSA) is 117 Å². The predicted molar refractivity (Wildman–Crippen MR) is 78.4 cm³/mol. The maximum atomic E-state index is 12.4. The summed E-state index contributed by atoms with van der Waals surface area (Å²) in [6.45, 7) is 2.87. The minimum Gasteiger partial charge on any atom is -0.481 e. The summed E-state index contributed by atoms with van der Waals surface area (Å²) in [5.74, 6) is -1.23. The molecule has 1 aliphatic rings. The molecule has 0 unspecified atom stereocenters. The van der Waals surface area contributed by atoms with Crippen molar-refractivity contribution in [2.24, 2.45) is 5.92 Å². The number of carbonyl (C=O) groups excluding carboxylic acids is 1. The Morgan fingerprint density at radius 1 is 1.43 bits per heavy atom. The van der Waals surface area contributed by atoms with Gasteiger partial charge in [0.1, 0.15) is 6.54 Å². The molecule has 0 aromatic carbocycles. The Morgan fingerprint density at radius 2 is 2.26 bits per heavy atom. The Bertz CT molecular complexity index is 695. The third kappa shape index (κ3) is 3.38. The lowest BCUT2D eigenvalue weighted by Gasteiger charge is -2.16. The molecule has 1 amide bonds. The second-order valence-corrected chi connectivity index (χ2v) is 5.81. The molecule has 0 radical (unpaired) electrons. The molecule has 2 aromatic heterocycles. The first-order valence-corrected chi connectivity index (χ1v) is 7.38. The first-order chi connectivity index (χ1) is 11.0. The summed E-state index contributed by atoms with van der Waals surface area (Å²) in [6, 6.07) is 1.84. The van der Waals surface area contributed by atoms with Crippen LogP contribution in [0.3, 0.4) is 0 Å². The minimum atomic E-state index is -0.875. The van der Waals surface area contributed by atoms with Gasteiger partial charge >= 0.3 is 5.97 Å². The van der Waals surface area contributed by atoms with Crippen LogP contribution < -0.4 is 0 Å². The number of nitrogens with one attached hydrogen (secondary N) is 1.